The number of likely N-dealkylation sites (N-methyl/N-ethyl adjacent to an activating group) is 1. The number of aryl methyl sites for hydroxylation is 1. The minimum absolute atomic E-state index is 0.0529. The zero-order valence-electron chi connectivity index (χ0n) is 24.3. The highest BCUT2D eigenvalue weighted by Gasteiger charge is 2.34. The molecule has 0 radical (unpaired) electrons. The number of halogens is 3. The number of piperazine rings is 1. The van der Waals surface area contributed by atoms with Gasteiger partial charge in [0.2, 0.25) is 0 Å². The van der Waals surface area contributed by atoms with Gasteiger partial charge in [-0.25, -0.2) is 9.97 Å². The van der Waals surface area contributed by atoms with Crippen LogP contribution in [0.25, 0.3) is 11.3 Å². The minimum atomic E-state index is -4.57. The maximum Gasteiger partial charge on any atom is 0.416 e. The zero-order valence-corrected chi connectivity index (χ0v) is 25.1. The van der Waals surface area contributed by atoms with Crippen molar-refractivity contribution in [1.29, 1.82) is 0 Å². The lowest BCUT2D eigenvalue weighted by atomic mass is 10.0. The monoisotopic (exact) mass is 609 g/mol. The van der Waals surface area contributed by atoms with Crippen LogP contribution in [0.2, 0.25) is 0 Å². The molecule has 0 unspecified atom stereocenters. The van der Waals surface area contributed by atoms with Gasteiger partial charge in [-0.2, -0.15) is 13.2 Å². The highest BCUT2D eigenvalue weighted by molar-refractivity contribution is 7.14. The maximum atomic E-state index is 14.0. The van der Waals surface area contributed by atoms with Gasteiger partial charge in [-0.05, 0) is 68.4 Å². The van der Waals surface area contributed by atoms with E-state index in [0.29, 0.717) is 23.9 Å². The van der Waals surface area contributed by atoms with E-state index in [-0.39, 0.29) is 17.7 Å². The molecule has 12 heteroatoms. The van der Waals surface area contributed by atoms with Crippen LogP contribution in [0.5, 0.6) is 0 Å². The molecule has 1 amide bonds. The lowest BCUT2D eigenvalue weighted by molar-refractivity contribution is -0.138. The van der Waals surface area contributed by atoms with Crippen LogP contribution in [0.15, 0.2) is 60.1 Å². The Morgan fingerprint density at radius 3 is 2.53 bits per heavy atom. The van der Waals surface area contributed by atoms with Gasteiger partial charge in [0.05, 0.1) is 11.3 Å². The summed E-state index contributed by atoms with van der Waals surface area (Å²) < 4.78 is 42.1. The number of aromatic nitrogens is 2. The third-order valence-corrected chi connectivity index (χ3v) is 8.08. The summed E-state index contributed by atoms with van der Waals surface area (Å²) in [6.07, 6.45) is -2.81. The highest BCUT2D eigenvalue weighted by atomic mass is 32.1. The third-order valence-electron chi connectivity index (χ3n) is 7.33. The van der Waals surface area contributed by atoms with E-state index in [9.17, 15) is 18.0 Å². The first kappa shape index (κ1) is 30.5. The van der Waals surface area contributed by atoms with Gasteiger partial charge >= 0.3 is 6.18 Å². The smallest absolute Gasteiger partial charge is 0.370 e. The summed E-state index contributed by atoms with van der Waals surface area (Å²) in [5.74, 6) is 0.182. The van der Waals surface area contributed by atoms with Gasteiger partial charge in [-0.3, -0.25) is 9.69 Å². The van der Waals surface area contributed by atoms with Crippen molar-refractivity contribution in [3.8, 4) is 11.3 Å². The van der Waals surface area contributed by atoms with E-state index in [1.54, 1.807) is 18.3 Å². The Balaban J connectivity index is 1.28. The fraction of sp³-hybridized carbons (Fsp3) is 0.323. The molecule has 0 spiro atoms. The molecular formula is C31H34F3N7OS. The van der Waals surface area contributed by atoms with E-state index in [2.05, 4.69) is 30.8 Å². The first-order valence-corrected chi connectivity index (χ1v) is 14.9. The van der Waals surface area contributed by atoms with E-state index < -0.39 is 17.6 Å². The summed E-state index contributed by atoms with van der Waals surface area (Å²) in [5.41, 5.74) is 3.09. The first-order chi connectivity index (χ1) is 20.6. The van der Waals surface area contributed by atoms with Crippen LogP contribution in [0.4, 0.5) is 35.5 Å². The molecule has 0 bridgehead atoms. The van der Waals surface area contributed by atoms with Crippen molar-refractivity contribution in [2.45, 2.75) is 26.6 Å². The lowest BCUT2D eigenvalue weighted by Gasteiger charge is -2.33. The van der Waals surface area contributed by atoms with Gasteiger partial charge < -0.3 is 20.9 Å². The second-order valence-electron chi connectivity index (χ2n) is 10.6. The fourth-order valence-corrected chi connectivity index (χ4v) is 5.55. The Bertz CT molecular complexity index is 1560. The molecule has 1 aliphatic heterocycles. The summed E-state index contributed by atoms with van der Waals surface area (Å²) in [4.78, 5) is 26.3. The number of pyridine rings is 1. The first-order valence-electron chi connectivity index (χ1n) is 14.0. The number of nitrogens with zero attached hydrogens (tertiary/aromatic N) is 4. The molecule has 3 heterocycles. The molecule has 43 heavy (non-hydrogen) atoms. The Kier molecular flexibility index (Phi) is 9.28. The number of alkyl halides is 3. The number of thiazole rings is 1. The average Bonchev–Trinajstić information content (AvgIpc) is 3.45. The van der Waals surface area contributed by atoms with Crippen LogP contribution in [-0.4, -0.2) is 65.4 Å². The van der Waals surface area contributed by atoms with E-state index in [1.165, 1.54) is 23.5 Å². The van der Waals surface area contributed by atoms with Crippen molar-refractivity contribution in [2.75, 3.05) is 55.7 Å². The van der Waals surface area contributed by atoms with E-state index >= 15 is 0 Å². The van der Waals surface area contributed by atoms with E-state index in [1.807, 2.05) is 49.4 Å². The van der Waals surface area contributed by atoms with Crippen LogP contribution >= 0.6 is 11.3 Å². The SMILES string of the molecule is CCNc1ccc(-c2csc(Nc3cc(NC(=O)c4ccc(CN5CCN(C)CC5)c(C(F)(F)F)c4)ccc3C)n2)cn1. The number of carbonyl (C=O) groups is 1. The molecule has 0 saturated carbocycles. The molecule has 8 nitrogen and oxygen atoms in total. The molecule has 3 N–H and O–H groups in total. The van der Waals surface area contributed by atoms with Crippen LogP contribution in [-0.2, 0) is 12.7 Å². The van der Waals surface area contributed by atoms with Gasteiger partial charge in [0, 0.05) is 73.3 Å². The van der Waals surface area contributed by atoms with Crippen LogP contribution in [0.3, 0.4) is 0 Å². The van der Waals surface area contributed by atoms with Crippen molar-refractivity contribution in [3.63, 3.8) is 0 Å². The quantitative estimate of drug-likeness (QED) is 0.195. The molecule has 0 atom stereocenters. The number of nitrogens with one attached hydrogen (secondary N) is 3. The number of benzene rings is 2. The average molecular weight is 610 g/mol. The van der Waals surface area contributed by atoms with E-state index in [0.717, 1.165) is 54.0 Å². The second kappa shape index (κ2) is 13.1. The largest absolute Gasteiger partial charge is 0.416 e. The third kappa shape index (κ3) is 7.70. The molecule has 1 fully saturated rings. The van der Waals surface area contributed by atoms with Crippen molar-refractivity contribution < 1.29 is 18.0 Å². The molecule has 2 aromatic carbocycles. The van der Waals surface area contributed by atoms with Gasteiger partial charge in [0.25, 0.3) is 5.91 Å². The lowest BCUT2D eigenvalue weighted by Crippen LogP contribution is -2.44. The molecule has 226 valence electrons. The Morgan fingerprint density at radius 1 is 1.05 bits per heavy atom. The molecular weight excluding hydrogens is 575 g/mol. The van der Waals surface area contributed by atoms with Crippen molar-refractivity contribution >= 4 is 39.6 Å². The topological polar surface area (TPSA) is 85.4 Å². The maximum absolute atomic E-state index is 14.0. The van der Waals surface area contributed by atoms with Crippen LogP contribution in [0, 0.1) is 6.92 Å². The normalized spacial score (nSPS) is 14.5. The van der Waals surface area contributed by atoms with E-state index in [4.69, 9.17) is 0 Å². The Hall–Kier alpha value is -4.00. The fourth-order valence-electron chi connectivity index (χ4n) is 4.81. The molecule has 4 aromatic rings. The van der Waals surface area contributed by atoms with Gasteiger partial charge in [-0.1, -0.05) is 12.1 Å². The van der Waals surface area contributed by atoms with Gasteiger partial charge in [-0.15, -0.1) is 11.3 Å². The number of amides is 1. The van der Waals surface area contributed by atoms with Crippen LogP contribution < -0.4 is 16.0 Å². The van der Waals surface area contributed by atoms with Crippen molar-refractivity contribution in [3.05, 3.63) is 82.4 Å². The van der Waals surface area contributed by atoms with Gasteiger partial charge in [0.1, 0.15) is 5.82 Å². The van der Waals surface area contributed by atoms with Gasteiger partial charge in [0.15, 0.2) is 5.13 Å². The standard InChI is InChI=1S/C31H34F3N7OS/c1-4-35-28-10-8-22(17-36-28)27-19-43-30(39-27)38-26-16-24(9-5-20(26)2)37-29(42)21-6-7-23(25(15-21)31(32,33)34)18-41-13-11-40(3)12-14-41/h5-10,15-17,19H,4,11-14,18H2,1-3H3,(H,35,36)(H,37,42)(H,38,39). The molecule has 5 rings (SSSR count). The summed E-state index contributed by atoms with van der Waals surface area (Å²) in [7, 11) is 2.00. The number of rotatable bonds is 9. The van der Waals surface area contributed by atoms with Crippen molar-refractivity contribution in [1.82, 2.24) is 19.8 Å². The summed E-state index contributed by atoms with van der Waals surface area (Å²) in [5, 5.41) is 11.8. The van der Waals surface area contributed by atoms with Crippen molar-refractivity contribution in [2.24, 2.45) is 0 Å². The molecule has 1 saturated heterocycles. The molecule has 2 aromatic heterocycles. The summed E-state index contributed by atoms with van der Waals surface area (Å²) in [6, 6.07) is 13.0. The minimum Gasteiger partial charge on any atom is -0.370 e. The number of hydrogen-bond donors (Lipinski definition) is 3. The second-order valence-corrected chi connectivity index (χ2v) is 11.4. The predicted molar refractivity (Wildman–Crippen MR) is 166 cm³/mol. The predicted octanol–water partition coefficient (Wildman–Crippen LogP) is 6.71. The number of hydrogen-bond acceptors (Lipinski definition) is 8. The Morgan fingerprint density at radius 2 is 1.84 bits per heavy atom. The Labute approximate surface area is 253 Å². The summed E-state index contributed by atoms with van der Waals surface area (Å²) in [6.45, 7) is 7.91. The summed E-state index contributed by atoms with van der Waals surface area (Å²) >= 11 is 1.43. The number of carbonyl (C=O) groups excluding carboxylic acids is 1. The van der Waals surface area contributed by atoms with Crippen LogP contribution in [0.1, 0.15) is 34.0 Å². The highest BCUT2D eigenvalue weighted by Crippen LogP contribution is 2.34. The molecule has 0 aliphatic carbocycles. The number of anilines is 4. The molecule has 1 aliphatic rings. The zero-order chi connectivity index (χ0) is 30.6.